The molecule has 2 atom stereocenters. The minimum Gasteiger partial charge on any atom is -0.340 e. The maximum Gasteiger partial charge on any atom is 0.199 e. The van der Waals surface area contributed by atoms with Crippen LogP contribution < -0.4 is 0 Å². The molecule has 0 amide bonds. The van der Waals surface area contributed by atoms with Gasteiger partial charge in [0.25, 0.3) is 0 Å². The number of piperidine rings is 1. The summed E-state index contributed by atoms with van der Waals surface area (Å²) in [7, 11) is 2.10. The predicted octanol–water partition coefficient (Wildman–Crippen LogP) is 3.04. The van der Waals surface area contributed by atoms with E-state index in [2.05, 4.69) is 28.8 Å². The zero-order valence-electron chi connectivity index (χ0n) is 12.3. The number of nitrogens with zero attached hydrogens (tertiary/aromatic N) is 3. The summed E-state index contributed by atoms with van der Waals surface area (Å²) in [6.45, 7) is 4.72. The highest BCUT2D eigenvalue weighted by Crippen LogP contribution is 2.36. The number of fused-ring (bicyclic) bond motifs is 1. The van der Waals surface area contributed by atoms with Gasteiger partial charge in [-0.05, 0) is 48.8 Å². The van der Waals surface area contributed by atoms with Crippen molar-refractivity contribution >= 4 is 16.9 Å². The van der Waals surface area contributed by atoms with Gasteiger partial charge in [0.15, 0.2) is 5.29 Å². The first-order valence-corrected chi connectivity index (χ1v) is 7.61. The van der Waals surface area contributed by atoms with Crippen LogP contribution in [0.1, 0.15) is 18.4 Å². The average molecular weight is 308 g/mol. The summed E-state index contributed by atoms with van der Waals surface area (Å²) in [5, 5.41) is 0.544. The standard InChI is InChI=1S/C16H19ClFN3/c1-3-21-15-12(8-19-16(21)17)9-20(2)10-14(15)11-4-6-13(18)7-5-11/h4-8,14-15H,3,9-10H2,1-2H3. The summed E-state index contributed by atoms with van der Waals surface area (Å²) in [5.74, 6) is 0.0640. The minimum absolute atomic E-state index is 0.200. The van der Waals surface area contributed by atoms with Crippen LogP contribution in [0.5, 0.6) is 0 Å². The molecule has 0 N–H and O–H groups in total. The van der Waals surface area contributed by atoms with Gasteiger partial charge in [-0.25, -0.2) is 9.38 Å². The smallest absolute Gasteiger partial charge is 0.199 e. The molecule has 0 saturated carbocycles. The lowest BCUT2D eigenvalue weighted by atomic mass is 9.82. The zero-order chi connectivity index (χ0) is 15.0. The Morgan fingerprint density at radius 1 is 1.33 bits per heavy atom. The first-order chi connectivity index (χ1) is 10.1. The van der Waals surface area contributed by atoms with Gasteiger partial charge in [-0.15, -0.1) is 0 Å². The molecule has 0 radical (unpaired) electrons. The van der Waals surface area contributed by atoms with Crippen molar-refractivity contribution in [3.05, 3.63) is 47.4 Å². The number of benzene rings is 1. The lowest BCUT2D eigenvalue weighted by molar-refractivity contribution is 0.202. The monoisotopic (exact) mass is 307 g/mol. The first-order valence-electron chi connectivity index (χ1n) is 7.23. The molecule has 1 saturated heterocycles. The van der Waals surface area contributed by atoms with Crippen molar-refractivity contribution in [3.63, 3.8) is 0 Å². The average Bonchev–Trinajstić information content (AvgIpc) is 2.47. The molecule has 21 heavy (non-hydrogen) atoms. The highest BCUT2D eigenvalue weighted by atomic mass is 35.5. The molecule has 0 aromatic heterocycles. The van der Waals surface area contributed by atoms with Crippen LogP contribution in [0.25, 0.3) is 0 Å². The molecule has 3 rings (SSSR count). The van der Waals surface area contributed by atoms with Crippen molar-refractivity contribution in [2.75, 3.05) is 26.7 Å². The molecule has 112 valence electrons. The van der Waals surface area contributed by atoms with Crippen LogP contribution in [0.2, 0.25) is 0 Å². The fourth-order valence-corrected chi connectivity index (χ4v) is 3.62. The fraction of sp³-hybridized carbons (Fsp3) is 0.438. The molecular weight excluding hydrogens is 289 g/mol. The van der Waals surface area contributed by atoms with Gasteiger partial charge in [-0.2, -0.15) is 0 Å². The lowest BCUT2D eigenvalue weighted by Crippen LogP contribution is -2.52. The molecular formula is C16H19ClFN3. The molecule has 3 nitrogen and oxygen atoms in total. The van der Waals surface area contributed by atoms with E-state index in [1.807, 2.05) is 18.3 Å². The number of hydrogen-bond donors (Lipinski definition) is 0. The van der Waals surface area contributed by atoms with Crippen LogP contribution in [-0.4, -0.2) is 47.8 Å². The van der Waals surface area contributed by atoms with E-state index in [0.29, 0.717) is 5.29 Å². The summed E-state index contributed by atoms with van der Waals surface area (Å²) in [6, 6.07) is 7.03. The number of likely N-dealkylation sites (tertiary alicyclic amines) is 1. The Kier molecular flexibility index (Phi) is 4.00. The Morgan fingerprint density at radius 3 is 2.71 bits per heavy atom. The Balaban J connectivity index is 2.00. The number of rotatable bonds is 2. The van der Waals surface area contributed by atoms with Gasteiger partial charge in [-0.3, -0.25) is 0 Å². The van der Waals surface area contributed by atoms with Gasteiger partial charge in [-0.1, -0.05) is 12.1 Å². The Labute approximate surface area is 129 Å². The zero-order valence-corrected chi connectivity index (χ0v) is 13.0. The first kappa shape index (κ1) is 14.5. The van der Waals surface area contributed by atoms with Crippen molar-refractivity contribution < 1.29 is 4.39 Å². The maximum absolute atomic E-state index is 13.2. The van der Waals surface area contributed by atoms with E-state index in [-0.39, 0.29) is 17.8 Å². The maximum atomic E-state index is 13.2. The van der Waals surface area contributed by atoms with E-state index in [1.54, 1.807) is 0 Å². The third-order valence-corrected chi connectivity index (χ3v) is 4.59. The van der Waals surface area contributed by atoms with Gasteiger partial charge in [0.05, 0.1) is 6.04 Å². The molecule has 2 heterocycles. The highest BCUT2D eigenvalue weighted by molar-refractivity contribution is 6.64. The predicted molar refractivity (Wildman–Crippen MR) is 84.2 cm³/mol. The third kappa shape index (κ3) is 2.70. The van der Waals surface area contributed by atoms with Crippen LogP contribution in [0.15, 0.2) is 41.0 Å². The van der Waals surface area contributed by atoms with E-state index in [1.165, 1.54) is 17.7 Å². The fourth-order valence-electron chi connectivity index (χ4n) is 3.35. The Hall–Kier alpha value is -1.39. The van der Waals surface area contributed by atoms with E-state index >= 15 is 0 Å². The number of halogens is 2. The molecule has 2 aliphatic rings. The molecule has 2 unspecified atom stereocenters. The highest BCUT2D eigenvalue weighted by Gasteiger charge is 2.38. The molecule has 0 spiro atoms. The van der Waals surface area contributed by atoms with Crippen molar-refractivity contribution in [3.8, 4) is 0 Å². The number of likely N-dealkylation sites (N-methyl/N-ethyl adjacent to an activating group) is 2. The quantitative estimate of drug-likeness (QED) is 0.782. The van der Waals surface area contributed by atoms with Crippen molar-refractivity contribution in [2.45, 2.75) is 18.9 Å². The summed E-state index contributed by atoms with van der Waals surface area (Å²) in [6.07, 6.45) is 1.89. The van der Waals surface area contributed by atoms with Gasteiger partial charge < -0.3 is 9.80 Å². The van der Waals surface area contributed by atoms with Crippen molar-refractivity contribution in [1.29, 1.82) is 0 Å². The Bertz CT molecular complexity index is 582. The number of aliphatic imine (C=N–C) groups is 1. The normalized spacial score (nSPS) is 26.2. The van der Waals surface area contributed by atoms with Gasteiger partial charge >= 0.3 is 0 Å². The van der Waals surface area contributed by atoms with Crippen LogP contribution >= 0.6 is 11.6 Å². The van der Waals surface area contributed by atoms with Gasteiger partial charge in [0, 0.05) is 31.8 Å². The van der Waals surface area contributed by atoms with E-state index in [0.717, 1.165) is 25.2 Å². The summed E-state index contributed by atoms with van der Waals surface area (Å²) in [5.41, 5.74) is 2.41. The van der Waals surface area contributed by atoms with Crippen LogP contribution in [0.4, 0.5) is 4.39 Å². The van der Waals surface area contributed by atoms with Gasteiger partial charge in [0.2, 0.25) is 0 Å². The minimum atomic E-state index is -0.200. The van der Waals surface area contributed by atoms with Crippen LogP contribution in [0.3, 0.4) is 0 Å². The number of hydrogen-bond acceptors (Lipinski definition) is 3. The van der Waals surface area contributed by atoms with Gasteiger partial charge in [0.1, 0.15) is 5.82 Å². The SMILES string of the molecule is CCN1C(Cl)=NC=C2CN(C)CC(c3ccc(F)cc3)C21. The van der Waals surface area contributed by atoms with E-state index < -0.39 is 0 Å². The lowest BCUT2D eigenvalue weighted by Gasteiger charge is -2.46. The molecule has 1 aromatic carbocycles. The molecule has 0 bridgehead atoms. The third-order valence-electron chi connectivity index (χ3n) is 4.27. The Morgan fingerprint density at radius 2 is 2.05 bits per heavy atom. The second-order valence-electron chi connectivity index (χ2n) is 5.69. The summed E-state index contributed by atoms with van der Waals surface area (Å²) in [4.78, 5) is 8.72. The molecule has 5 heteroatoms. The van der Waals surface area contributed by atoms with Crippen LogP contribution in [-0.2, 0) is 0 Å². The number of amidine groups is 1. The second-order valence-corrected chi connectivity index (χ2v) is 6.03. The van der Waals surface area contributed by atoms with Crippen molar-refractivity contribution in [1.82, 2.24) is 9.80 Å². The summed E-state index contributed by atoms with van der Waals surface area (Å²) < 4.78 is 13.2. The molecule has 1 fully saturated rings. The van der Waals surface area contributed by atoms with E-state index in [4.69, 9.17) is 11.6 Å². The van der Waals surface area contributed by atoms with E-state index in [9.17, 15) is 4.39 Å². The second kappa shape index (κ2) is 5.78. The molecule has 0 aliphatic carbocycles. The molecule has 2 aliphatic heterocycles. The molecule has 1 aromatic rings. The van der Waals surface area contributed by atoms with Crippen LogP contribution in [0, 0.1) is 5.82 Å². The topological polar surface area (TPSA) is 18.8 Å². The summed E-state index contributed by atoms with van der Waals surface area (Å²) >= 11 is 6.27. The largest absolute Gasteiger partial charge is 0.340 e. The van der Waals surface area contributed by atoms with Crippen molar-refractivity contribution in [2.24, 2.45) is 4.99 Å².